The fourth-order valence-corrected chi connectivity index (χ4v) is 3.72. The van der Waals surface area contributed by atoms with Crippen LogP contribution in [0.3, 0.4) is 0 Å². The van der Waals surface area contributed by atoms with Gasteiger partial charge in [0.2, 0.25) is 0 Å². The highest BCUT2D eigenvalue weighted by molar-refractivity contribution is 7.13. The second-order valence-corrected chi connectivity index (χ2v) is 7.24. The molecule has 0 aliphatic carbocycles. The largest absolute Gasteiger partial charge is 0.508 e. The number of nitrogens with zero attached hydrogens (tertiary/aromatic N) is 1. The smallest absolute Gasteiger partial charge is 0.256 e. The quantitative estimate of drug-likeness (QED) is 0.482. The van der Waals surface area contributed by atoms with Crippen molar-refractivity contribution in [1.29, 1.82) is 0 Å². The van der Waals surface area contributed by atoms with Crippen molar-refractivity contribution in [2.24, 2.45) is 0 Å². The SMILES string of the molecule is Bc1cc(/C=C2\C(=O)Nc3ccc(-c4csc(N)n4)cc32)cc(C)c1O. The highest BCUT2D eigenvalue weighted by Gasteiger charge is 2.25. The highest BCUT2D eigenvalue weighted by atomic mass is 32.1. The number of phenols is 1. The predicted molar refractivity (Wildman–Crippen MR) is 109 cm³/mol. The van der Waals surface area contributed by atoms with E-state index in [1.54, 1.807) is 0 Å². The Balaban J connectivity index is 1.81. The molecule has 5 nitrogen and oxygen atoms in total. The van der Waals surface area contributed by atoms with Gasteiger partial charge in [0.05, 0.1) is 5.69 Å². The van der Waals surface area contributed by atoms with Crippen LogP contribution < -0.4 is 16.5 Å². The number of aromatic nitrogens is 1. The number of carbonyl (C=O) groups excluding carboxylic acids is 1. The lowest BCUT2D eigenvalue weighted by molar-refractivity contribution is -0.110. The summed E-state index contributed by atoms with van der Waals surface area (Å²) in [7, 11) is 1.84. The third-order valence-electron chi connectivity index (χ3n) is 4.44. The van der Waals surface area contributed by atoms with Crippen molar-refractivity contribution in [3.05, 3.63) is 52.4 Å². The first-order chi connectivity index (χ1) is 12.4. The number of nitrogens with two attached hydrogens (primary N) is 1. The number of benzene rings is 2. The van der Waals surface area contributed by atoms with Crippen molar-refractivity contribution < 1.29 is 9.90 Å². The van der Waals surface area contributed by atoms with Crippen molar-refractivity contribution in [1.82, 2.24) is 4.98 Å². The fraction of sp³-hybridized carbons (Fsp3) is 0.0526. The molecule has 7 heteroatoms. The summed E-state index contributed by atoms with van der Waals surface area (Å²) in [5.41, 5.74) is 12.1. The van der Waals surface area contributed by atoms with Crippen LogP contribution in [-0.2, 0) is 4.79 Å². The van der Waals surface area contributed by atoms with Crippen LogP contribution in [0.25, 0.3) is 22.9 Å². The van der Waals surface area contributed by atoms with E-state index in [4.69, 9.17) is 5.73 Å². The second kappa shape index (κ2) is 6.03. The van der Waals surface area contributed by atoms with E-state index in [1.807, 2.05) is 56.6 Å². The number of nitrogens with one attached hydrogen (secondary N) is 1. The van der Waals surface area contributed by atoms with Crippen molar-refractivity contribution in [3.63, 3.8) is 0 Å². The molecule has 1 aliphatic heterocycles. The molecule has 128 valence electrons. The number of phenolic OH excluding ortho intramolecular Hbond substituents is 1. The Morgan fingerprint density at radius 1 is 1.31 bits per heavy atom. The van der Waals surface area contributed by atoms with Crippen molar-refractivity contribution in [2.45, 2.75) is 6.92 Å². The van der Waals surface area contributed by atoms with Gasteiger partial charge < -0.3 is 16.2 Å². The van der Waals surface area contributed by atoms with Gasteiger partial charge in [0.15, 0.2) is 5.13 Å². The van der Waals surface area contributed by atoms with Crippen molar-refractivity contribution >= 4 is 53.0 Å². The van der Waals surface area contributed by atoms with Crippen molar-refractivity contribution in [3.8, 4) is 17.0 Å². The number of hydrogen-bond donors (Lipinski definition) is 3. The highest BCUT2D eigenvalue weighted by Crippen LogP contribution is 2.36. The summed E-state index contributed by atoms with van der Waals surface area (Å²) in [4.78, 5) is 16.8. The molecule has 0 bridgehead atoms. The fourth-order valence-electron chi connectivity index (χ4n) is 3.15. The number of anilines is 2. The maximum atomic E-state index is 12.5. The molecule has 26 heavy (non-hydrogen) atoms. The summed E-state index contributed by atoms with van der Waals surface area (Å²) < 4.78 is 0. The Hall–Kier alpha value is -3.06. The molecule has 2 aromatic carbocycles. The Labute approximate surface area is 155 Å². The third-order valence-corrected chi connectivity index (χ3v) is 5.12. The molecule has 1 aromatic heterocycles. The number of rotatable bonds is 2. The normalized spacial score (nSPS) is 14.5. The monoisotopic (exact) mass is 361 g/mol. The molecule has 0 unspecified atom stereocenters. The molecule has 2 heterocycles. The number of carbonyl (C=O) groups is 1. The molecule has 4 N–H and O–H groups in total. The minimum Gasteiger partial charge on any atom is -0.508 e. The Morgan fingerprint density at radius 3 is 2.81 bits per heavy atom. The van der Waals surface area contributed by atoms with E-state index in [0.717, 1.165) is 39.1 Å². The summed E-state index contributed by atoms with van der Waals surface area (Å²) in [6, 6.07) is 9.49. The lowest BCUT2D eigenvalue weighted by Crippen LogP contribution is -2.06. The van der Waals surface area contributed by atoms with Crippen LogP contribution in [0.5, 0.6) is 5.75 Å². The molecule has 0 radical (unpaired) electrons. The lowest BCUT2D eigenvalue weighted by atomic mass is 9.90. The molecule has 3 aromatic rings. The van der Waals surface area contributed by atoms with Crippen LogP contribution in [-0.4, -0.2) is 23.8 Å². The van der Waals surface area contributed by atoms with Gasteiger partial charge in [0.1, 0.15) is 13.6 Å². The molecule has 0 saturated heterocycles. The van der Waals surface area contributed by atoms with E-state index in [0.29, 0.717) is 10.7 Å². The van der Waals surface area contributed by atoms with E-state index in [1.165, 1.54) is 11.3 Å². The summed E-state index contributed by atoms with van der Waals surface area (Å²) in [6.07, 6.45) is 1.85. The maximum Gasteiger partial charge on any atom is 0.256 e. The zero-order chi connectivity index (χ0) is 18.4. The number of thiazole rings is 1. The maximum absolute atomic E-state index is 12.5. The molecule has 0 saturated carbocycles. The summed E-state index contributed by atoms with van der Waals surface area (Å²) >= 11 is 1.39. The van der Waals surface area contributed by atoms with Gasteiger partial charge in [-0.25, -0.2) is 4.98 Å². The molecule has 0 atom stereocenters. The molecule has 0 spiro atoms. The third kappa shape index (κ3) is 2.76. The van der Waals surface area contributed by atoms with Crippen LogP contribution in [0.15, 0.2) is 35.7 Å². The molecule has 1 aliphatic rings. The van der Waals surface area contributed by atoms with Crippen LogP contribution >= 0.6 is 11.3 Å². The van der Waals surface area contributed by atoms with Crippen LogP contribution in [0.4, 0.5) is 10.8 Å². The van der Waals surface area contributed by atoms with Gasteiger partial charge in [-0.15, -0.1) is 11.3 Å². The standard InChI is InChI=1S/C19H16BN3O2S/c1-9-4-10(6-14(20)17(9)24)5-13-12-7-11(16-8-26-19(21)23-16)2-3-15(12)22-18(13)25/h2-8,24H,20H2,1H3,(H2,21,23)(H,22,25)/b13-5-. The van der Waals surface area contributed by atoms with E-state index >= 15 is 0 Å². The van der Waals surface area contributed by atoms with E-state index in [-0.39, 0.29) is 11.7 Å². The number of aryl methyl sites for hydroxylation is 1. The summed E-state index contributed by atoms with van der Waals surface area (Å²) in [5.74, 6) is 0.144. The van der Waals surface area contributed by atoms with E-state index < -0.39 is 0 Å². The summed E-state index contributed by atoms with van der Waals surface area (Å²) in [5, 5.41) is 15.3. The Morgan fingerprint density at radius 2 is 2.12 bits per heavy atom. The van der Waals surface area contributed by atoms with Crippen LogP contribution in [0, 0.1) is 6.92 Å². The zero-order valence-corrected chi connectivity index (χ0v) is 15.1. The van der Waals surface area contributed by atoms with E-state index in [2.05, 4.69) is 10.3 Å². The van der Waals surface area contributed by atoms with Gasteiger partial charge in [0.25, 0.3) is 5.91 Å². The zero-order valence-electron chi connectivity index (χ0n) is 14.3. The van der Waals surface area contributed by atoms with Crippen LogP contribution in [0.1, 0.15) is 16.7 Å². The molecule has 0 fully saturated rings. The number of aromatic hydroxyl groups is 1. The first-order valence-corrected chi connectivity index (χ1v) is 8.99. The average Bonchev–Trinajstić information content (AvgIpc) is 3.16. The second-order valence-electron chi connectivity index (χ2n) is 6.35. The molecule has 4 rings (SSSR count). The van der Waals surface area contributed by atoms with Gasteiger partial charge in [-0.05, 0) is 47.8 Å². The first kappa shape index (κ1) is 16.4. The lowest BCUT2D eigenvalue weighted by Gasteiger charge is -2.06. The molecule has 1 amide bonds. The molecular weight excluding hydrogens is 345 g/mol. The van der Waals surface area contributed by atoms with Gasteiger partial charge >= 0.3 is 0 Å². The number of amides is 1. The minimum atomic E-state index is -0.140. The van der Waals surface area contributed by atoms with Gasteiger partial charge in [0, 0.05) is 27.8 Å². The predicted octanol–water partition coefficient (Wildman–Crippen LogP) is 2.16. The number of nitrogen functional groups attached to an aromatic ring is 1. The van der Waals surface area contributed by atoms with Crippen molar-refractivity contribution in [2.75, 3.05) is 11.1 Å². The van der Waals surface area contributed by atoms with Gasteiger partial charge in [-0.2, -0.15) is 0 Å². The Bertz CT molecular complexity index is 1070. The summed E-state index contributed by atoms with van der Waals surface area (Å²) in [6.45, 7) is 1.84. The first-order valence-electron chi connectivity index (χ1n) is 8.11. The van der Waals surface area contributed by atoms with Gasteiger partial charge in [-0.1, -0.05) is 12.1 Å². The van der Waals surface area contributed by atoms with E-state index in [9.17, 15) is 9.90 Å². The number of hydrogen-bond acceptors (Lipinski definition) is 5. The van der Waals surface area contributed by atoms with Crippen LogP contribution in [0.2, 0.25) is 0 Å². The Kier molecular flexibility index (Phi) is 3.81. The molecular formula is C19H16BN3O2S. The number of fused-ring (bicyclic) bond motifs is 1. The topological polar surface area (TPSA) is 88.2 Å². The van der Waals surface area contributed by atoms with Gasteiger partial charge in [-0.3, -0.25) is 4.79 Å². The minimum absolute atomic E-state index is 0.140. The average molecular weight is 361 g/mol.